The minimum Gasteiger partial charge on any atom is -0.324 e. The van der Waals surface area contributed by atoms with Gasteiger partial charge in [-0.3, -0.25) is 14.2 Å². The number of hydrogen-bond acceptors (Lipinski definition) is 3. The summed E-state index contributed by atoms with van der Waals surface area (Å²) in [7, 11) is 0. The number of hydrogen-bond donors (Lipinski definition) is 1. The van der Waals surface area contributed by atoms with E-state index in [1.807, 2.05) is 0 Å². The zero-order chi connectivity index (χ0) is 22.2. The summed E-state index contributed by atoms with van der Waals surface area (Å²) >= 11 is 3.30. The van der Waals surface area contributed by atoms with Gasteiger partial charge >= 0.3 is 6.18 Å². The molecule has 0 radical (unpaired) electrons. The molecule has 3 aromatic rings. The predicted octanol–water partition coefficient (Wildman–Crippen LogP) is 5.38. The van der Waals surface area contributed by atoms with Gasteiger partial charge in [0, 0.05) is 10.2 Å². The molecule has 0 aliphatic rings. The fourth-order valence-electron chi connectivity index (χ4n) is 3.20. The Hall–Kier alpha value is -2.68. The van der Waals surface area contributed by atoms with E-state index in [-0.39, 0.29) is 17.5 Å². The Morgan fingerprint density at radius 3 is 2.33 bits per heavy atom. The maximum absolute atomic E-state index is 13.5. The van der Waals surface area contributed by atoms with E-state index in [1.54, 1.807) is 51.1 Å². The molecule has 5 nitrogen and oxygen atoms in total. The van der Waals surface area contributed by atoms with E-state index >= 15 is 0 Å². The molecule has 0 aliphatic heterocycles. The topological polar surface area (TPSA) is 64.0 Å². The van der Waals surface area contributed by atoms with Crippen LogP contribution < -0.4 is 10.9 Å². The molecule has 1 N–H and O–H groups in total. The maximum atomic E-state index is 13.5. The van der Waals surface area contributed by atoms with Crippen molar-refractivity contribution in [1.29, 1.82) is 0 Å². The van der Waals surface area contributed by atoms with E-state index in [1.165, 1.54) is 6.07 Å². The number of carbonyl (C=O) groups is 1. The van der Waals surface area contributed by atoms with Crippen molar-refractivity contribution in [2.45, 2.75) is 39.4 Å². The van der Waals surface area contributed by atoms with Crippen LogP contribution in [0.2, 0.25) is 0 Å². The lowest BCUT2D eigenvalue weighted by Gasteiger charge is -2.22. The lowest BCUT2D eigenvalue weighted by Crippen LogP contribution is -2.37. The van der Waals surface area contributed by atoms with Crippen LogP contribution in [0.15, 0.2) is 45.7 Å². The molecule has 0 saturated heterocycles. The molecule has 0 aliphatic carbocycles. The Balaban J connectivity index is 2.21. The summed E-state index contributed by atoms with van der Waals surface area (Å²) in [6.45, 7) is 5.17. The average molecular weight is 482 g/mol. The third kappa shape index (κ3) is 4.26. The molecule has 0 unspecified atom stereocenters. The van der Waals surface area contributed by atoms with Crippen LogP contribution in [-0.4, -0.2) is 15.5 Å². The highest BCUT2D eigenvalue weighted by Gasteiger charge is 2.38. The third-order valence-corrected chi connectivity index (χ3v) is 5.41. The van der Waals surface area contributed by atoms with Crippen LogP contribution in [0.3, 0.4) is 0 Å². The van der Waals surface area contributed by atoms with Gasteiger partial charge in [0.25, 0.3) is 5.56 Å². The summed E-state index contributed by atoms with van der Waals surface area (Å²) in [5.74, 6) is -0.583. The molecule has 1 atom stereocenters. The van der Waals surface area contributed by atoms with Crippen molar-refractivity contribution in [3.8, 4) is 0 Å². The standard InChI is InChI=1S/C21H19BrF3N3O2/c1-4-16(19(29)26-14-7-5-13(22)6-8-14)28-17-10-12(3)11(2)9-15(17)27-18(20(28)30)21(23,24)25/h5-10,16H,4H2,1-3H3,(H,26,29)/t16-/m1/s1. The van der Waals surface area contributed by atoms with Gasteiger partial charge in [0.2, 0.25) is 11.6 Å². The van der Waals surface area contributed by atoms with Crippen molar-refractivity contribution in [3.63, 3.8) is 0 Å². The highest BCUT2D eigenvalue weighted by atomic mass is 79.9. The number of rotatable bonds is 4. The first-order chi connectivity index (χ1) is 14.0. The Bertz CT molecular complexity index is 1170. The van der Waals surface area contributed by atoms with Gasteiger partial charge < -0.3 is 5.32 Å². The number of halogens is 4. The molecular formula is C21H19BrF3N3O2. The SMILES string of the molecule is CC[C@H](C(=O)Nc1ccc(Br)cc1)n1c(=O)c(C(F)(F)F)nc2cc(C)c(C)cc21. The number of nitrogens with one attached hydrogen (secondary N) is 1. The van der Waals surface area contributed by atoms with Gasteiger partial charge in [0.1, 0.15) is 6.04 Å². The van der Waals surface area contributed by atoms with E-state index in [0.29, 0.717) is 5.69 Å². The Kier molecular flexibility index (Phi) is 6.03. The lowest BCUT2D eigenvalue weighted by molar-refractivity contribution is -0.142. The average Bonchev–Trinajstić information content (AvgIpc) is 2.66. The van der Waals surface area contributed by atoms with Crippen molar-refractivity contribution in [2.75, 3.05) is 5.32 Å². The first kappa shape index (κ1) is 22.0. The number of aryl methyl sites for hydroxylation is 2. The molecule has 2 aromatic carbocycles. The molecule has 1 heterocycles. The molecule has 158 valence electrons. The number of alkyl halides is 3. The highest BCUT2D eigenvalue weighted by Crippen LogP contribution is 2.29. The fourth-order valence-corrected chi connectivity index (χ4v) is 3.46. The smallest absolute Gasteiger partial charge is 0.324 e. The number of anilines is 1. The Labute approximate surface area is 179 Å². The van der Waals surface area contributed by atoms with Gasteiger partial charge in [-0.05, 0) is 67.8 Å². The van der Waals surface area contributed by atoms with Gasteiger partial charge in [-0.1, -0.05) is 22.9 Å². The highest BCUT2D eigenvalue weighted by molar-refractivity contribution is 9.10. The second kappa shape index (κ2) is 8.22. The maximum Gasteiger partial charge on any atom is 0.438 e. The van der Waals surface area contributed by atoms with Crippen LogP contribution in [0.25, 0.3) is 11.0 Å². The Morgan fingerprint density at radius 2 is 1.77 bits per heavy atom. The number of carbonyl (C=O) groups excluding carboxylic acids is 1. The molecule has 9 heteroatoms. The van der Waals surface area contributed by atoms with E-state index < -0.39 is 29.4 Å². The number of amides is 1. The van der Waals surface area contributed by atoms with Crippen LogP contribution in [-0.2, 0) is 11.0 Å². The van der Waals surface area contributed by atoms with E-state index in [0.717, 1.165) is 20.2 Å². The molecule has 0 bridgehead atoms. The van der Waals surface area contributed by atoms with Crippen molar-refractivity contribution in [3.05, 3.63) is 68.0 Å². The minimum absolute atomic E-state index is 0.0138. The zero-order valence-corrected chi connectivity index (χ0v) is 18.1. The summed E-state index contributed by atoms with van der Waals surface area (Å²) < 4.78 is 42.2. The van der Waals surface area contributed by atoms with Crippen molar-refractivity contribution < 1.29 is 18.0 Å². The molecule has 1 amide bonds. The number of fused-ring (bicyclic) bond motifs is 1. The zero-order valence-electron chi connectivity index (χ0n) is 16.5. The van der Waals surface area contributed by atoms with Gasteiger partial charge in [-0.15, -0.1) is 0 Å². The quantitative estimate of drug-likeness (QED) is 0.543. The summed E-state index contributed by atoms with van der Waals surface area (Å²) in [5.41, 5.74) is -0.685. The van der Waals surface area contributed by atoms with Crippen LogP contribution in [0.1, 0.15) is 36.2 Å². The largest absolute Gasteiger partial charge is 0.438 e. The third-order valence-electron chi connectivity index (χ3n) is 4.89. The first-order valence-corrected chi connectivity index (χ1v) is 9.99. The second-order valence-corrected chi connectivity index (χ2v) is 7.89. The van der Waals surface area contributed by atoms with Crippen molar-refractivity contribution >= 4 is 38.6 Å². The molecule has 0 spiro atoms. The summed E-state index contributed by atoms with van der Waals surface area (Å²) in [4.78, 5) is 29.4. The normalized spacial score (nSPS) is 12.8. The monoisotopic (exact) mass is 481 g/mol. The predicted molar refractivity (Wildman–Crippen MR) is 113 cm³/mol. The van der Waals surface area contributed by atoms with Crippen LogP contribution in [0.5, 0.6) is 0 Å². The Morgan fingerprint density at radius 1 is 1.17 bits per heavy atom. The van der Waals surface area contributed by atoms with Crippen molar-refractivity contribution in [2.24, 2.45) is 0 Å². The van der Waals surface area contributed by atoms with Crippen LogP contribution in [0.4, 0.5) is 18.9 Å². The van der Waals surface area contributed by atoms with Crippen LogP contribution in [0, 0.1) is 13.8 Å². The summed E-state index contributed by atoms with van der Waals surface area (Å²) in [5, 5.41) is 2.67. The molecular weight excluding hydrogens is 463 g/mol. The first-order valence-electron chi connectivity index (χ1n) is 9.20. The summed E-state index contributed by atoms with van der Waals surface area (Å²) in [6, 6.07) is 8.68. The number of nitrogens with zero attached hydrogens (tertiary/aromatic N) is 2. The van der Waals surface area contributed by atoms with Gasteiger partial charge in [-0.25, -0.2) is 4.98 Å². The molecule has 3 rings (SSSR count). The van der Waals surface area contributed by atoms with Gasteiger partial charge in [-0.2, -0.15) is 13.2 Å². The molecule has 30 heavy (non-hydrogen) atoms. The number of benzene rings is 2. The molecule has 1 aromatic heterocycles. The van der Waals surface area contributed by atoms with Crippen molar-refractivity contribution in [1.82, 2.24) is 9.55 Å². The lowest BCUT2D eigenvalue weighted by atomic mass is 10.1. The summed E-state index contributed by atoms with van der Waals surface area (Å²) in [6.07, 6.45) is -4.82. The van der Waals surface area contributed by atoms with E-state index in [2.05, 4.69) is 26.2 Å². The molecule has 0 fully saturated rings. The minimum atomic E-state index is -4.94. The fraction of sp³-hybridized carbons (Fsp3) is 0.286. The number of aromatic nitrogens is 2. The van der Waals surface area contributed by atoms with Gasteiger partial charge in [0.15, 0.2) is 0 Å². The molecule has 0 saturated carbocycles. The van der Waals surface area contributed by atoms with Crippen LogP contribution >= 0.6 is 15.9 Å². The van der Waals surface area contributed by atoms with E-state index in [4.69, 9.17) is 0 Å². The van der Waals surface area contributed by atoms with E-state index in [9.17, 15) is 22.8 Å². The second-order valence-electron chi connectivity index (χ2n) is 6.98. The van der Waals surface area contributed by atoms with Gasteiger partial charge in [0.05, 0.1) is 11.0 Å².